The fraction of sp³-hybridized carbons (Fsp3) is 0.524. The highest BCUT2D eigenvalue weighted by Gasteiger charge is 2.46. The van der Waals surface area contributed by atoms with Gasteiger partial charge in [-0.3, -0.25) is 4.90 Å². The third-order valence-corrected chi connectivity index (χ3v) is 5.93. The lowest BCUT2D eigenvalue weighted by molar-refractivity contribution is 0.0173. The number of hydrogen-bond acceptors (Lipinski definition) is 2. The number of piperidine rings is 1. The fourth-order valence-corrected chi connectivity index (χ4v) is 3.88. The van der Waals surface area contributed by atoms with Crippen molar-refractivity contribution in [3.05, 3.63) is 60.0 Å². The summed E-state index contributed by atoms with van der Waals surface area (Å²) in [6, 6.07) is 8.72. The third-order valence-electron chi connectivity index (χ3n) is 5.93. The molecule has 25 heavy (non-hydrogen) atoms. The van der Waals surface area contributed by atoms with Crippen LogP contribution in [0, 0.1) is 17.4 Å². The van der Waals surface area contributed by atoms with E-state index >= 15 is 0 Å². The second-order valence-electron chi connectivity index (χ2n) is 8.26. The number of nitrogens with zero attached hydrogens (tertiary/aromatic N) is 4. The van der Waals surface area contributed by atoms with Crippen LogP contribution in [-0.4, -0.2) is 34.1 Å². The molecular formula is C21H28N4. The van der Waals surface area contributed by atoms with E-state index in [-0.39, 0.29) is 10.8 Å². The summed E-state index contributed by atoms with van der Waals surface area (Å²) < 4.78 is 2.02. The zero-order chi connectivity index (χ0) is 17.9. The molecule has 1 saturated heterocycles. The second kappa shape index (κ2) is 7.01. The zero-order valence-electron chi connectivity index (χ0n) is 15.6. The van der Waals surface area contributed by atoms with Gasteiger partial charge in [0.25, 0.3) is 0 Å². The van der Waals surface area contributed by atoms with E-state index in [2.05, 4.69) is 59.8 Å². The smallest absolute Gasteiger partial charge is 0.220 e. The first-order valence-corrected chi connectivity index (χ1v) is 9.06. The van der Waals surface area contributed by atoms with Gasteiger partial charge in [-0.1, -0.05) is 32.9 Å². The second-order valence-corrected chi connectivity index (χ2v) is 8.26. The highest BCUT2D eigenvalue weighted by molar-refractivity contribution is 5.34. The lowest BCUT2D eigenvalue weighted by atomic mass is 9.61. The Morgan fingerprint density at radius 3 is 2.36 bits per heavy atom. The fourth-order valence-electron chi connectivity index (χ4n) is 3.88. The van der Waals surface area contributed by atoms with E-state index in [1.165, 1.54) is 5.56 Å². The van der Waals surface area contributed by atoms with E-state index in [4.69, 9.17) is 6.57 Å². The minimum absolute atomic E-state index is 0.163. The van der Waals surface area contributed by atoms with Gasteiger partial charge in [0.15, 0.2) is 0 Å². The largest absolute Gasteiger partial charge is 0.316 e. The maximum absolute atomic E-state index is 7.36. The number of benzene rings is 1. The summed E-state index contributed by atoms with van der Waals surface area (Å²) in [4.78, 5) is 10.4. The first kappa shape index (κ1) is 17.7. The summed E-state index contributed by atoms with van der Waals surface area (Å²) in [6.07, 6.45) is 7.82. The number of hydrogen-bond donors (Lipinski definition) is 0. The molecule has 132 valence electrons. The van der Waals surface area contributed by atoms with E-state index in [1.54, 1.807) is 6.20 Å². The van der Waals surface area contributed by atoms with E-state index in [1.807, 2.05) is 17.1 Å². The molecule has 1 aliphatic rings. The quantitative estimate of drug-likeness (QED) is 0.772. The Labute approximate surface area is 151 Å². The number of rotatable bonds is 4. The Hall–Kier alpha value is -2.12. The maximum Gasteiger partial charge on any atom is 0.220 e. The van der Waals surface area contributed by atoms with Crippen LogP contribution < -0.4 is 0 Å². The molecule has 1 fully saturated rings. The summed E-state index contributed by atoms with van der Waals surface area (Å²) in [5.74, 6) is 0. The molecule has 4 nitrogen and oxygen atoms in total. The topological polar surface area (TPSA) is 25.4 Å². The molecule has 3 rings (SSSR count). The van der Waals surface area contributed by atoms with Crippen LogP contribution in [0.25, 0.3) is 10.5 Å². The standard InChI is InChI=1S/C21H28N4/c1-20(2,3)21(16-22-4)9-12-24(13-10-21)15-18-5-7-19(8-6-18)25-14-11-23-17-25/h5-8,11,14,17H,9-10,12-13,15-16H2,1-3H3. The van der Waals surface area contributed by atoms with Gasteiger partial charge in [0.05, 0.1) is 6.33 Å². The van der Waals surface area contributed by atoms with Crippen molar-refractivity contribution in [3.63, 3.8) is 0 Å². The molecule has 0 unspecified atom stereocenters. The molecule has 0 amide bonds. The maximum atomic E-state index is 7.36. The number of imidazole rings is 1. The van der Waals surface area contributed by atoms with Gasteiger partial charge in [-0.15, -0.1) is 0 Å². The van der Waals surface area contributed by atoms with E-state index in [0.29, 0.717) is 6.54 Å². The predicted molar refractivity (Wildman–Crippen MR) is 101 cm³/mol. The molecule has 0 spiro atoms. The average molecular weight is 336 g/mol. The highest BCUT2D eigenvalue weighted by Crippen LogP contribution is 2.47. The SMILES string of the molecule is [C-]#[N+]CC1(C(C)(C)C)CCN(Cc2ccc(-n3ccnc3)cc2)CC1. The van der Waals surface area contributed by atoms with Gasteiger partial charge < -0.3 is 9.41 Å². The summed E-state index contributed by atoms with van der Waals surface area (Å²) in [7, 11) is 0. The molecule has 1 aromatic carbocycles. The first-order chi connectivity index (χ1) is 11.9. The molecule has 4 heteroatoms. The van der Waals surface area contributed by atoms with Crippen molar-refractivity contribution < 1.29 is 0 Å². The van der Waals surface area contributed by atoms with Crippen LogP contribution in [0.3, 0.4) is 0 Å². The van der Waals surface area contributed by atoms with Crippen molar-refractivity contribution in [2.45, 2.75) is 40.2 Å². The van der Waals surface area contributed by atoms with Crippen molar-refractivity contribution >= 4 is 0 Å². The van der Waals surface area contributed by atoms with E-state index in [0.717, 1.165) is 38.2 Å². The summed E-state index contributed by atoms with van der Waals surface area (Å²) in [6.45, 7) is 18.0. The number of likely N-dealkylation sites (tertiary alicyclic amines) is 1. The van der Waals surface area contributed by atoms with Crippen molar-refractivity contribution in [2.24, 2.45) is 10.8 Å². The Morgan fingerprint density at radius 1 is 1.16 bits per heavy atom. The Morgan fingerprint density at radius 2 is 1.84 bits per heavy atom. The van der Waals surface area contributed by atoms with Gasteiger partial charge >= 0.3 is 0 Å². The third kappa shape index (κ3) is 3.77. The summed E-state index contributed by atoms with van der Waals surface area (Å²) in [5, 5.41) is 0. The van der Waals surface area contributed by atoms with Crippen molar-refractivity contribution in [1.82, 2.24) is 14.5 Å². The average Bonchev–Trinajstić information content (AvgIpc) is 3.11. The van der Waals surface area contributed by atoms with Gasteiger partial charge in [-0.05, 0) is 49.0 Å². The van der Waals surface area contributed by atoms with Crippen LogP contribution in [0.15, 0.2) is 43.0 Å². The Kier molecular flexibility index (Phi) is 4.96. The first-order valence-electron chi connectivity index (χ1n) is 9.06. The van der Waals surface area contributed by atoms with Crippen LogP contribution in [0.4, 0.5) is 0 Å². The van der Waals surface area contributed by atoms with Gasteiger partial charge in [0, 0.05) is 30.0 Å². The van der Waals surface area contributed by atoms with E-state index < -0.39 is 0 Å². The van der Waals surface area contributed by atoms with Crippen molar-refractivity contribution in [1.29, 1.82) is 0 Å². The van der Waals surface area contributed by atoms with Crippen molar-refractivity contribution in [2.75, 3.05) is 19.6 Å². The molecule has 2 heterocycles. The molecular weight excluding hydrogens is 308 g/mol. The highest BCUT2D eigenvalue weighted by atomic mass is 15.1. The normalized spacial score (nSPS) is 18.0. The molecule has 2 aromatic rings. The zero-order valence-corrected chi connectivity index (χ0v) is 15.6. The Balaban J connectivity index is 1.61. The van der Waals surface area contributed by atoms with Crippen LogP contribution in [0.1, 0.15) is 39.2 Å². The van der Waals surface area contributed by atoms with Crippen LogP contribution in [-0.2, 0) is 6.54 Å². The lowest BCUT2D eigenvalue weighted by Gasteiger charge is -2.46. The summed E-state index contributed by atoms with van der Waals surface area (Å²) >= 11 is 0. The molecule has 0 saturated carbocycles. The monoisotopic (exact) mass is 336 g/mol. The van der Waals surface area contributed by atoms with Gasteiger partial charge in [0.2, 0.25) is 6.54 Å². The van der Waals surface area contributed by atoms with Gasteiger partial charge in [0.1, 0.15) is 0 Å². The van der Waals surface area contributed by atoms with Crippen LogP contribution in [0.2, 0.25) is 0 Å². The molecule has 0 N–H and O–H groups in total. The molecule has 1 aliphatic heterocycles. The molecule has 1 aromatic heterocycles. The molecule has 0 bridgehead atoms. The van der Waals surface area contributed by atoms with Gasteiger partial charge in [-0.25, -0.2) is 11.6 Å². The predicted octanol–water partition coefficient (Wildman–Crippen LogP) is 4.42. The lowest BCUT2D eigenvalue weighted by Crippen LogP contribution is -2.47. The Bertz CT molecular complexity index is 709. The van der Waals surface area contributed by atoms with Crippen LogP contribution in [0.5, 0.6) is 0 Å². The van der Waals surface area contributed by atoms with E-state index in [9.17, 15) is 0 Å². The van der Waals surface area contributed by atoms with Crippen molar-refractivity contribution in [3.8, 4) is 5.69 Å². The summed E-state index contributed by atoms with van der Waals surface area (Å²) in [5.41, 5.74) is 2.84. The van der Waals surface area contributed by atoms with Gasteiger partial charge in [-0.2, -0.15) is 0 Å². The molecule has 0 radical (unpaired) electrons. The van der Waals surface area contributed by atoms with Crippen LogP contribution >= 0.6 is 0 Å². The number of aromatic nitrogens is 2. The molecule has 0 atom stereocenters. The minimum atomic E-state index is 0.163. The minimum Gasteiger partial charge on any atom is -0.316 e. The molecule has 0 aliphatic carbocycles.